The number of carbonyl (C=O) groups excluding carboxylic acids is 1. The highest BCUT2D eigenvalue weighted by molar-refractivity contribution is 5.83. The number of hydrogen-bond donors (Lipinski definition) is 1. The van der Waals surface area contributed by atoms with Crippen molar-refractivity contribution in [2.45, 2.75) is 31.1 Å². The van der Waals surface area contributed by atoms with Crippen LogP contribution in [-0.2, 0) is 10.2 Å². The number of nitrogens with zero attached hydrogens (tertiary/aromatic N) is 1. The summed E-state index contributed by atoms with van der Waals surface area (Å²) in [5.74, 6) is -0.0769. The second kappa shape index (κ2) is 8.82. The number of nitrogens with one attached hydrogen (secondary N) is 1. The third-order valence-corrected chi connectivity index (χ3v) is 4.86. The number of hydrogen-bond acceptors (Lipinski definition) is 2. The normalized spacial score (nSPS) is 20.5. The zero-order valence-corrected chi connectivity index (χ0v) is 15.7. The zero-order chi connectivity index (χ0) is 18.3. The fourth-order valence-electron chi connectivity index (χ4n) is 3.13. The molecule has 1 aliphatic rings. The van der Waals surface area contributed by atoms with Crippen LogP contribution in [0, 0.1) is 0 Å². The van der Waals surface area contributed by atoms with Gasteiger partial charge in [0.1, 0.15) is 0 Å². The predicted octanol–water partition coefficient (Wildman–Crippen LogP) is 3.80. The number of amides is 1. The number of allylic oxidation sites excluding steroid dienone is 5. The summed E-state index contributed by atoms with van der Waals surface area (Å²) in [7, 11) is 4.08. The maximum Gasteiger partial charge on any atom is 0.227 e. The molecule has 0 saturated heterocycles. The van der Waals surface area contributed by atoms with E-state index in [1.54, 1.807) is 0 Å². The van der Waals surface area contributed by atoms with Gasteiger partial charge in [0.05, 0.1) is 5.92 Å². The van der Waals surface area contributed by atoms with Crippen LogP contribution < -0.4 is 5.32 Å². The fourth-order valence-corrected chi connectivity index (χ4v) is 3.13. The van der Waals surface area contributed by atoms with Crippen molar-refractivity contribution in [3.8, 4) is 0 Å². The van der Waals surface area contributed by atoms with E-state index in [1.165, 1.54) is 5.56 Å². The lowest BCUT2D eigenvalue weighted by Crippen LogP contribution is -2.30. The van der Waals surface area contributed by atoms with Gasteiger partial charge < -0.3 is 10.2 Å². The Hall–Kier alpha value is -2.13. The van der Waals surface area contributed by atoms with Crippen LogP contribution in [0.2, 0.25) is 0 Å². The Labute approximate surface area is 152 Å². The zero-order valence-electron chi connectivity index (χ0n) is 15.7. The van der Waals surface area contributed by atoms with Crippen LogP contribution in [-0.4, -0.2) is 38.0 Å². The van der Waals surface area contributed by atoms with E-state index in [4.69, 9.17) is 0 Å². The molecule has 0 aromatic heterocycles. The van der Waals surface area contributed by atoms with Crippen LogP contribution in [0.4, 0.5) is 0 Å². The molecule has 1 aliphatic carbocycles. The highest BCUT2D eigenvalue weighted by Gasteiger charge is 2.26. The molecule has 1 aromatic rings. The van der Waals surface area contributed by atoms with Gasteiger partial charge in [-0.15, -0.1) is 6.58 Å². The summed E-state index contributed by atoms with van der Waals surface area (Å²) in [6, 6.07) is 8.34. The van der Waals surface area contributed by atoms with Crippen molar-refractivity contribution < 1.29 is 4.79 Å². The molecular weight excluding hydrogens is 308 g/mol. The smallest absolute Gasteiger partial charge is 0.227 e. The topological polar surface area (TPSA) is 32.3 Å². The Morgan fingerprint density at radius 3 is 2.84 bits per heavy atom. The van der Waals surface area contributed by atoms with E-state index in [0.717, 1.165) is 24.9 Å². The highest BCUT2D eigenvalue weighted by Crippen LogP contribution is 2.35. The summed E-state index contributed by atoms with van der Waals surface area (Å²) in [5, 5.41) is 3.05. The first-order chi connectivity index (χ1) is 12.0. The molecule has 0 bridgehead atoms. The molecule has 1 unspecified atom stereocenters. The van der Waals surface area contributed by atoms with Gasteiger partial charge in [-0.3, -0.25) is 4.79 Å². The van der Waals surface area contributed by atoms with Gasteiger partial charge in [0, 0.05) is 12.0 Å². The summed E-state index contributed by atoms with van der Waals surface area (Å²) in [4.78, 5) is 14.6. The average Bonchev–Trinajstić information content (AvgIpc) is 2.65. The van der Waals surface area contributed by atoms with Crippen molar-refractivity contribution in [3.05, 3.63) is 72.4 Å². The van der Waals surface area contributed by atoms with Crippen molar-refractivity contribution >= 4 is 5.91 Å². The predicted molar refractivity (Wildman–Crippen MR) is 106 cm³/mol. The Balaban J connectivity index is 2.07. The first-order valence-electron chi connectivity index (χ1n) is 8.99. The molecule has 3 nitrogen and oxygen atoms in total. The maximum atomic E-state index is 12.5. The van der Waals surface area contributed by atoms with Crippen molar-refractivity contribution in [3.63, 3.8) is 0 Å². The molecule has 25 heavy (non-hydrogen) atoms. The maximum absolute atomic E-state index is 12.5. The summed E-state index contributed by atoms with van der Waals surface area (Å²) >= 11 is 0. The van der Waals surface area contributed by atoms with Gasteiger partial charge in [-0.2, -0.15) is 0 Å². The molecule has 1 aromatic carbocycles. The lowest BCUT2D eigenvalue weighted by molar-refractivity contribution is -0.122. The van der Waals surface area contributed by atoms with Crippen LogP contribution in [0.15, 0.2) is 61.2 Å². The molecule has 2 rings (SSSR count). The van der Waals surface area contributed by atoms with Crippen molar-refractivity contribution in [1.82, 2.24) is 10.2 Å². The molecule has 134 valence electrons. The first kappa shape index (κ1) is 19.2. The molecule has 1 amide bonds. The minimum atomic E-state index is -0.174. The lowest BCUT2D eigenvalue weighted by Gasteiger charge is -2.29. The third kappa shape index (κ3) is 4.93. The Morgan fingerprint density at radius 2 is 2.20 bits per heavy atom. The lowest BCUT2D eigenvalue weighted by atomic mass is 9.75. The molecule has 0 radical (unpaired) electrons. The van der Waals surface area contributed by atoms with E-state index in [1.807, 2.05) is 39.2 Å². The summed E-state index contributed by atoms with van der Waals surface area (Å²) in [5.41, 5.74) is 2.06. The van der Waals surface area contributed by atoms with E-state index in [2.05, 4.69) is 53.2 Å². The van der Waals surface area contributed by atoms with Gasteiger partial charge in [0.25, 0.3) is 0 Å². The monoisotopic (exact) mass is 338 g/mol. The van der Waals surface area contributed by atoms with Crippen LogP contribution in [0.25, 0.3) is 0 Å². The first-order valence-corrected chi connectivity index (χ1v) is 8.99. The second-order valence-corrected chi connectivity index (χ2v) is 7.03. The van der Waals surface area contributed by atoms with Crippen molar-refractivity contribution in [2.24, 2.45) is 0 Å². The molecule has 0 spiro atoms. The van der Waals surface area contributed by atoms with E-state index >= 15 is 0 Å². The standard InChI is InChI=1S/C22H30N2O/c1-5-22(13-7-6-8-14-22)20-12-9-11-19(17-20)18(2)21(25)23-15-10-16-24(3)4/h5-9,11-13,17-18H,1,10,14-16H2,2-4H3,(H,23,25)/t18-,22?/m1/s1. The number of carbonyl (C=O) groups is 1. The minimum absolute atomic E-state index is 0.0858. The van der Waals surface area contributed by atoms with Crippen molar-refractivity contribution in [1.29, 1.82) is 0 Å². The van der Waals surface area contributed by atoms with E-state index in [0.29, 0.717) is 6.54 Å². The van der Waals surface area contributed by atoms with Gasteiger partial charge in [-0.1, -0.05) is 54.6 Å². The van der Waals surface area contributed by atoms with Gasteiger partial charge in [-0.25, -0.2) is 0 Å². The Kier molecular flexibility index (Phi) is 6.77. The SMILES string of the molecule is C=CC1(c2cccc([C@@H](C)C(=O)NCCCN(C)C)c2)C=CC=CC1. The van der Waals surface area contributed by atoms with Gasteiger partial charge in [0.2, 0.25) is 5.91 Å². The van der Waals surface area contributed by atoms with Gasteiger partial charge in [0.15, 0.2) is 0 Å². The fraction of sp³-hybridized carbons (Fsp3) is 0.409. The Bertz CT molecular complexity index is 660. The molecule has 0 aliphatic heterocycles. The van der Waals surface area contributed by atoms with Crippen molar-refractivity contribution in [2.75, 3.05) is 27.2 Å². The summed E-state index contributed by atoms with van der Waals surface area (Å²) < 4.78 is 0. The molecule has 3 heteroatoms. The molecular formula is C22H30N2O. The van der Waals surface area contributed by atoms with Crippen LogP contribution in [0.5, 0.6) is 0 Å². The number of benzene rings is 1. The third-order valence-electron chi connectivity index (χ3n) is 4.86. The van der Waals surface area contributed by atoms with Crippen LogP contribution in [0.1, 0.15) is 36.8 Å². The summed E-state index contributed by atoms with van der Waals surface area (Å²) in [6.07, 6.45) is 12.3. The molecule has 0 saturated carbocycles. The van der Waals surface area contributed by atoms with E-state index in [9.17, 15) is 4.79 Å². The average molecular weight is 338 g/mol. The largest absolute Gasteiger partial charge is 0.356 e. The van der Waals surface area contributed by atoms with Gasteiger partial charge in [-0.05, 0) is 51.5 Å². The molecule has 0 fully saturated rings. The summed E-state index contributed by atoms with van der Waals surface area (Å²) in [6.45, 7) is 7.70. The highest BCUT2D eigenvalue weighted by atomic mass is 16.1. The molecule has 1 N–H and O–H groups in total. The van der Waals surface area contributed by atoms with E-state index < -0.39 is 0 Å². The van der Waals surface area contributed by atoms with Crippen LogP contribution >= 0.6 is 0 Å². The number of rotatable bonds is 8. The quantitative estimate of drug-likeness (QED) is 0.578. The van der Waals surface area contributed by atoms with E-state index in [-0.39, 0.29) is 17.2 Å². The minimum Gasteiger partial charge on any atom is -0.356 e. The molecule has 0 heterocycles. The Morgan fingerprint density at radius 1 is 1.40 bits per heavy atom. The molecule has 2 atom stereocenters. The second-order valence-electron chi connectivity index (χ2n) is 7.03. The van der Waals surface area contributed by atoms with Gasteiger partial charge >= 0.3 is 0 Å². The van der Waals surface area contributed by atoms with Crippen LogP contribution in [0.3, 0.4) is 0 Å².